The monoisotopic (exact) mass is 336 g/mol. The van der Waals surface area contributed by atoms with Gasteiger partial charge in [0.05, 0.1) is 6.61 Å². The number of rotatable bonds is 17. The molecule has 2 nitrogen and oxygen atoms in total. The summed E-state index contributed by atoms with van der Waals surface area (Å²) in [5, 5.41) is 0. The lowest BCUT2D eigenvalue weighted by molar-refractivity contribution is -0.143. The van der Waals surface area contributed by atoms with E-state index in [9.17, 15) is 4.79 Å². The quantitative estimate of drug-likeness (QED) is 0.160. The van der Waals surface area contributed by atoms with Gasteiger partial charge >= 0.3 is 5.97 Å². The van der Waals surface area contributed by atoms with Crippen LogP contribution in [0.2, 0.25) is 0 Å². The molecule has 0 unspecified atom stereocenters. The molecule has 0 aromatic carbocycles. The van der Waals surface area contributed by atoms with Gasteiger partial charge in [-0.15, -0.1) is 0 Å². The summed E-state index contributed by atoms with van der Waals surface area (Å²) in [4.78, 5) is 11.2. The molecule has 0 N–H and O–H groups in total. The van der Waals surface area contributed by atoms with E-state index in [1.54, 1.807) is 0 Å². The average molecular weight is 337 g/mol. The maximum absolute atomic E-state index is 11.2. The number of carbonyl (C=O) groups excluding carboxylic acids is 1. The fraction of sp³-hybridized carbons (Fsp3) is 0.773. The molecule has 0 bridgehead atoms. The molecule has 0 rings (SSSR count). The second kappa shape index (κ2) is 20.0. The van der Waals surface area contributed by atoms with Gasteiger partial charge in [-0.25, -0.2) is 0 Å². The van der Waals surface area contributed by atoms with Crippen molar-refractivity contribution < 1.29 is 9.53 Å². The van der Waals surface area contributed by atoms with E-state index in [1.807, 2.05) is 6.92 Å². The number of unbranched alkanes of at least 4 members (excludes halogenated alkanes) is 9. The lowest BCUT2D eigenvalue weighted by atomic mass is 10.1. The highest BCUT2D eigenvalue weighted by molar-refractivity contribution is 5.69. The number of esters is 1. The molecule has 0 aliphatic carbocycles. The van der Waals surface area contributed by atoms with E-state index < -0.39 is 0 Å². The van der Waals surface area contributed by atoms with Gasteiger partial charge < -0.3 is 4.74 Å². The van der Waals surface area contributed by atoms with E-state index in [0.717, 1.165) is 19.3 Å². The predicted octanol–water partition coefficient (Wildman–Crippen LogP) is 7.14. The van der Waals surface area contributed by atoms with Crippen LogP contribution in [0.1, 0.15) is 104 Å². The number of carbonyl (C=O) groups is 1. The standard InChI is InChI=1S/C22H40O2/c1-3-5-6-7-8-9-10-11-12-13-14-15-16-17-18-19-21-24-22(23)20-4-2/h8-9,11-12H,3-7,10,13-21H2,1-2H3/b9-8-,12-11-. The summed E-state index contributed by atoms with van der Waals surface area (Å²) in [6.07, 6.45) is 25.5. The topological polar surface area (TPSA) is 26.3 Å². The smallest absolute Gasteiger partial charge is 0.305 e. The average Bonchev–Trinajstić information content (AvgIpc) is 2.58. The van der Waals surface area contributed by atoms with Crippen LogP contribution in [0.3, 0.4) is 0 Å². The maximum atomic E-state index is 11.2. The number of allylic oxidation sites excluding steroid dienone is 4. The van der Waals surface area contributed by atoms with Crippen LogP contribution in [0, 0.1) is 0 Å². The normalized spacial score (nSPS) is 11.6. The van der Waals surface area contributed by atoms with Crippen LogP contribution in [0.4, 0.5) is 0 Å². The third kappa shape index (κ3) is 19.0. The maximum Gasteiger partial charge on any atom is 0.305 e. The van der Waals surface area contributed by atoms with Crippen LogP contribution in [-0.4, -0.2) is 12.6 Å². The van der Waals surface area contributed by atoms with Crippen LogP contribution < -0.4 is 0 Å². The van der Waals surface area contributed by atoms with E-state index in [4.69, 9.17) is 4.74 Å². The summed E-state index contributed by atoms with van der Waals surface area (Å²) < 4.78 is 5.15. The Bertz CT molecular complexity index is 318. The van der Waals surface area contributed by atoms with Gasteiger partial charge in [-0.2, -0.15) is 0 Å². The first-order valence-electron chi connectivity index (χ1n) is 10.3. The van der Waals surface area contributed by atoms with Crippen LogP contribution in [0.25, 0.3) is 0 Å². The van der Waals surface area contributed by atoms with Gasteiger partial charge in [0, 0.05) is 6.42 Å². The lowest BCUT2D eigenvalue weighted by Gasteiger charge is -2.03. The highest BCUT2D eigenvalue weighted by Crippen LogP contribution is 2.08. The first kappa shape index (κ1) is 22.9. The minimum absolute atomic E-state index is 0.0416. The summed E-state index contributed by atoms with van der Waals surface area (Å²) in [6.45, 7) is 4.85. The van der Waals surface area contributed by atoms with Crippen LogP contribution in [0.15, 0.2) is 24.3 Å². The SMILES string of the molecule is CCCCC/C=C\C/C=C\CCCCCCCCOC(=O)CCC. The van der Waals surface area contributed by atoms with Crippen LogP contribution >= 0.6 is 0 Å². The Balaban J connectivity index is 3.19. The molecule has 0 saturated heterocycles. The van der Waals surface area contributed by atoms with Crippen molar-refractivity contribution in [2.75, 3.05) is 6.61 Å². The van der Waals surface area contributed by atoms with Crippen molar-refractivity contribution >= 4 is 5.97 Å². The first-order valence-corrected chi connectivity index (χ1v) is 10.3. The zero-order chi connectivity index (χ0) is 17.7. The summed E-state index contributed by atoms with van der Waals surface area (Å²) in [5.74, 6) is -0.0416. The lowest BCUT2D eigenvalue weighted by Crippen LogP contribution is -2.04. The zero-order valence-electron chi connectivity index (χ0n) is 16.2. The van der Waals surface area contributed by atoms with Crippen molar-refractivity contribution in [1.82, 2.24) is 0 Å². The molecule has 0 amide bonds. The molecule has 0 radical (unpaired) electrons. The van der Waals surface area contributed by atoms with Gasteiger partial charge in [-0.05, 0) is 44.9 Å². The van der Waals surface area contributed by atoms with Crippen molar-refractivity contribution in [1.29, 1.82) is 0 Å². The Labute approximate surface area is 150 Å². The van der Waals surface area contributed by atoms with Gasteiger partial charge in [-0.3, -0.25) is 4.79 Å². The summed E-state index contributed by atoms with van der Waals surface area (Å²) in [7, 11) is 0. The Morgan fingerprint density at radius 1 is 0.708 bits per heavy atom. The van der Waals surface area contributed by atoms with Gasteiger partial charge in [0.25, 0.3) is 0 Å². The molecule has 0 saturated carbocycles. The highest BCUT2D eigenvalue weighted by Gasteiger charge is 1.99. The predicted molar refractivity (Wildman–Crippen MR) is 105 cm³/mol. The van der Waals surface area contributed by atoms with Gasteiger partial charge in [0.2, 0.25) is 0 Å². The second-order valence-electron chi connectivity index (χ2n) is 6.55. The molecule has 0 aromatic heterocycles. The van der Waals surface area contributed by atoms with Crippen LogP contribution in [0.5, 0.6) is 0 Å². The number of ether oxygens (including phenoxy) is 1. The molecule has 0 spiro atoms. The largest absolute Gasteiger partial charge is 0.466 e. The van der Waals surface area contributed by atoms with E-state index in [-0.39, 0.29) is 5.97 Å². The Hall–Kier alpha value is -1.05. The molecule has 24 heavy (non-hydrogen) atoms. The Morgan fingerprint density at radius 3 is 1.92 bits per heavy atom. The van der Waals surface area contributed by atoms with Crippen LogP contribution in [-0.2, 0) is 9.53 Å². The van der Waals surface area contributed by atoms with Crippen molar-refractivity contribution in [3.8, 4) is 0 Å². The van der Waals surface area contributed by atoms with E-state index in [1.165, 1.54) is 64.2 Å². The summed E-state index contributed by atoms with van der Waals surface area (Å²) in [5.41, 5.74) is 0. The molecule has 2 heteroatoms. The summed E-state index contributed by atoms with van der Waals surface area (Å²) >= 11 is 0. The van der Waals surface area contributed by atoms with Gasteiger partial charge in [0.1, 0.15) is 0 Å². The van der Waals surface area contributed by atoms with Gasteiger partial charge in [-0.1, -0.05) is 76.7 Å². The number of hydrogen-bond acceptors (Lipinski definition) is 2. The number of hydrogen-bond donors (Lipinski definition) is 0. The molecular formula is C22H40O2. The Morgan fingerprint density at radius 2 is 1.29 bits per heavy atom. The molecule has 0 aromatic rings. The van der Waals surface area contributed by atoms with Gasteiger partial charge in [0.15, 0.2) is 0 Å². The third-order valence-electron chi connectivity index (χ3n) is 4.06. The molecule has 0 aliphatic heterocycles. The molecule has 0 fully saturated rings. The van der Waals surface area contributed by atoms with Crippen molar-refractivity contribution in [3.05, 3.63) is 24.3 Å². The fourth-order valence-electron chi connectivity index (χ4n) is 2.55. The minimum Gasteiger partial charge on any atom is -0.466 e. The summed E-state index contributed by atoms with van der Waals surface area (Å²) in [6, 6.07) is 0. The minimum atomic E-state index is -0.0416. The van der Waals surface area contributed by atoms with E-state index in [2.05, 4.69) is 31.2 Å². The highest BCUT2D eigenvalue weighted by atomic mass is 16.5. The zero-order valence-corrected chi connectivity index (χ0v) is 16.2. The van der Waals surface area contributed by atoms with E-state index in [0.29, 0.717) is 13.0 Å². The molecule has 0 atom stereocenters. The molecular weight excluding hydrogens is 296 g/mol. The van der Waals surface area contributed by atoms with Crippen molar-refractivity contribution in [3.63, 3.8) is 0 Å². The first-order chi connectivity index (χ1) is 11.8. The second-order valence-corrected chi connectivity index (χ2v) is 6.55. The van der Waals surface area contributed by atoms with E-state index >= 15 is 0 Å². The molecule has 140 valence electrons. The van der Waals surface area contributed by atoms with Crippen molar-refractivity contribution in [2.45, 2.75) is 104 Å². The fourth-order valence-corrected chi connectivity index (χ4v) is 2.55. The Kier molecular flexibility index (Phi) is 19.1. The third-order valence-corrected chi connectivity index (χ3v) is 4.06. The van der Waals surface area contributed by atoms with Crippen molar-refractivity contribution in [2.24, 2.45) is 0 Å². The molecule has 0 heterocycles. The molecule has 0 aliphatic rings.